The lowest BCUT2D eigenvalue weighted by Gasteiger charge is -2.32. The first-order valence-electron chi connectivity index (χ1n) is 10.5. The first-order chi connectivity index (χ1) is 15.8. The predicted octanol–water partition coefficient (Wildman–Crippen LogP) is 5.44. The normalized spacial score (nSPS) is 17.0. The molecule has 4 aromatic rings. The number of hydrogen-bond donors (Lipinski definition) is 1. The Morgan fingerprint density at radius 2 is 1.88 bits per heavy atom. The van der Waals surface area contributed by atoms with Crippen LogP contribution in [0.4, 0.5) is 13.2 Å². The standard InChI is InChI=1S/C23H19ClF3N5O/c24-15-7-9-16(10-8-15)32-20(23(25,26)27)17(12-28-32)22(33)31-11-3-4-14(13-31)21-29-18-5-1-2-6-19(18)30-21/h1-2,5-10,12,14H,3-4,11,13H2,(H,29,30). The summed E-state index contributed by atoms with van der Waals surface area (Å²) in [4.78, 5) is 22.6. The summed E-state index contributed by atoms with van der Waals surface area (Å²) >= 11 is 5.86. The van der Waals surface area contributed by atoms with Crippen molar-refractivity contribution in [1.82, 2.24) is 24.6 Å². The van der Waals surface area contributed by atoms with Gasteiger partial charge in [0, 0.05) is 24.0 Å². The second kappa shape index (κ2) is 8.22. The highest BCUT2D eigenvalue weighted by Crippen LogP contribution is 2.35. The highest BCUT2D eigenvalue weighted by atomic mass is 35.5. The van der Waals surface area contributed by atoms with E-state index in [4.69, 9.17) is 11.6 Å². The third-order valence-corrected chi connectivity index (χ3v) is 6.09. The van der Waals surface area contributed by atoms with Gasteiger partial charge in [0.1, 0.15) is 5.82 Å². The number of nitrogens with one attached hydrogen (secondary N) is 1. The largest absolute Gasteiger partial charge is 0.434 e. The Morgan fingerprint density at radius 3 is 2.61 bits per heavy atom. The highest BCUT2D eigenvalue weighted by Gasteiger charge is 2.42. The maximum absolute atomic E-state index is 14.0. The summed E-state index contributed by atoms with van der Waals surface area (Å²) in [7, 11) is 0. The molecule has 1 amide bonds. The number of hydrogen-bond acceptors (Lipinski definition) is 3. The first-order valence-corrected chi connectivity index (χ1v) is 10.8. The zero-order valence-electron chi connectivity index (χ0n) is 17.3. The Bertz CT molecular complexity index is 1280. The Labute approximate surface area is 192 Å². The van der Waals surface area contributed by atoms with Gasteiger partial charge >= 0.3 is 6.18 Å². The van der Waals surface area contributed by atoms with Crippen molar-refractivity contribution >= 4 is 28.5 Å². The molecule has 6 nitrogen and oxygen atoms in total. The number of amides is 1. The lowest BCUT2D eigenvalue weighted by molar-refractivity contribution is -0.143. The second-order valence-corrected chi connectivity index (χ2v) is 8.46. The van der Waals surface area contributed by atoms with E-state index >= 15 is 0 Å². The van der Waals surface area contributed by atoms with Crippen LogP contribution in [0.2, 0.25) is 5.02 Å². The van der Waals surface area contributed by atoms with E-state index in [1.54, 1.807) is 0 Å². The number of rotatable bonds is 3. The number of H-pyrrole nitrogens is 1. The molecule has 0 bridgehead atoms. The van der Waals surface area contributed by atoms with Gasteiger partial charge in [-0.1, -0.05) is 23.7 Å². The molecule has 2 aromatic heterocycles. The van der Waals surface area contributed by atoms with E-state index in [-0.39, 0.29) is 18.2 Å². The summed E-state index contributed by atoms with van der Waals surface area (Å²) in [5, 5.41) is 4.28. The van der Waals surface area contributed by atoms with Crippen molar-refractivity contribution in [2.24, 2.45) is 0 Å². The summed E-state index contributed by atoms with van der Waals surface area (Å²) in [6, 6.07) is 13.4. The number of aromatic nitrogens is 4. The van der Waals surface area contributed by atoms with Gasteiger partial charge in [-0.3, -0.25) is 4.79 Å². The van der Waals surface area contributed by atoms with Crippen LogP contribution >= 0.6 is 11.6 Å². The molecule has 1 unspecified atom stereocenters. The molecule has 33 heavy (non-hydrogen) atoms. The van der Waals surface area contributed by atoms with Gasteiger partial charge in [0.05, 0.1) is 28.5 Å². The van der Waals surface area contributed by atoms with Gasteiger partial charge in [0.25, 0.3) is 5.91 Å². The Balaban J connectivity index is 1.45. The van der Waals surface area contributed by atoms with Gasteiger partial charge < -0.3 is 9.88 Å². The van der Waals surface area contributed by atoms with Crippen LogP contribution in [0.5, 0.6) is 0 Å². The lowest BCUT2D eigenvalue weighted by atomic mass is 9.96. The van der Waals surface area contributed by atoms with E-state index in [9.17, 15) is 18.0 Å². The summed E-state index contributed by atoms with van der Waals surface area (Å²) < 4.78 is 42.8. The number of imidazole rings is 1. The van der Waals surface area contributed by atoms with E-state index in [2.05, 4.69) is 15.1 Å². The van der Waals surface area contributed by atoms with E-state index in [1.165, 1.54) is 29.2 Å². The number of carbonyl (C=O) groups is 1. The van der Waals surface area contributed by atoms with Crippen molar-refractivity contribution in [3.05, 3.63) is 76.8 Å². The highest BCUT2D eigenvalue weighted by molar-refractivity contribution is 6.30. The number of fused-ring (bicyclic) bond motifs is 1. The molecular formula is C23H19ClF3N5O. The number of aromatic amines is 1. The smallest absolute Gasteiger partial charge is 0.342 e. The van der Waals surface area contributed by atoms with Gasteiger partial charge in [0.2, 0.25) is 0 Å². The third kappa shape index (κ3) is 4.08. The molecule has 0 radical (unpaired) electrons. The van der Waals surface area contributed by atoms with Crippen LogP contribution in [0.25, 0.3) is 16.7 Å². The molecule has 170 valence electrons. The van der Waals surface area contributed by atoms with Crippen molar-refractivity contribution in [1.29, 1.82) is 0 Å². The molecule has 0 saturated carbocycles. The molecule has 5 rings (SSSR count). The van der Waals surface area contributed by atoms with Gasteiger partial charge in [-0.15, -0.1) is 0 Å². The quantitative estimate of drug-likeness (QED) is 0.431. The molecule has 1 N–H and O–H groups in total. The fourth-order valence-electron chi connectivity index (χ4n) is 4.28. The molecule has 1 atom stereocenters. The topological polar surface area (TPSA) is 66.8 Å². The fraction of sp³-hybridized carbons (Fsp3) is 0.261. The average Bonchev–Trinajstić information content (AvgIpc) is 3.44. The zero-order chi connectivity index (χ0) is 23.2. The lowest BCUT2D eigenvalue weighted by Crippen LogP contribution is -2.40. The van der Waals surface area contributed by atoms with E-state index in [0.717, 1.165) is 34.2 Å². The van der Waals surface area contributed by atoms with Crippen LogP contribution in [0, 0.1) is 0 Å². The van der Waals surface area contributed by atoms with Gasteiger partial charge in [-0.2, -0.15) is 18.3 Å². The van der Waals surface area contributed by atoms with E-state index in [1.807, 2.05) is 24.3 Å². The molecule has 1 fully saturated rings. The third-order valence-electron chi connectivity index (χ3n) is 5.84. The molecule has 2 aromatic carbocycles. The molecule has 1 aliphatic heterocycles. The predicted molar refractivity (Wildman–Crippen MR) is 118 cm³/mol. The van der Waals surface area contributed by atoms with Crippen molar-refractivity contribution in [3.63, 3.8) is 0 Å². The van der Waals surface area contributed by atoms with Gasteiger partial charge in [0.15, 0.2) is 5.69 Å². The Hall–Kier alpha value is -3.33. The maximum atomic E-state index is 14.0. The van der Waals surface area contributed by atoms with Crippen LogP contribution in [0.1, 0.15) is 40.6 Å². The average molecular weight is 474 g/mol. The van der Waals surface area contributed by atoms with Crippen LogP contribution in [0.3, 0.4) is 0 Å². The minimum atomic E-state index is -4.77. The number of piperidine rings is 1. The van der Waals surface area contributed by atoms with Crippen LogP contribution < -0.4 is 0 Å². The fourth-order valence-corrected chi connectivity index (χ4v) is 4.40. The van der Waals surface area contributed by atoms with Crippen LogP contribution in [-0.4, -0.2) is 43.6 Å². The zero-order valence-corrected chi connectivity index (χ0v) is 18.1. The Morgan fingerprint density at radius 1 is 1.12 bits per heavy atom. The number of halogens is 4. The molecule has 0 aliphatic carbocycles. The minimum absolute atomic E-state index is 0.0873. The molecule has 0 spiro atoms. The summed E-state index contributed by atoms with van der Waals surface area (Å²) in [5.74, 6) is -0.0410. The van der Waals surface area contributed by atoms with Crippen LogP contribution in [-0.2, 0) is 6.18 Å². The second-order valence-electron chi connectivity index (χ2n) is 8.02. The number of benzene rings is 2. The molecule has 1 saturated heterocycles. The number of nitrogens with zero attached hydrogens (tertiary/aromatic N) is 4. The van der Waals surface area contributed by atoms with Gasteiger partial charge in [-0.25, -0.2) is 9.67 Å². The van der Waals surface area contributed by atoms with Crippen LogP contribution in [0.15, 0.2) is 54.7 Å². The molecule has 10 heteroatoms. The summed E-state index contributed by atoms with van der Waals surface area (Å²) in [6.07, 6.45) is -2.32. The number of carbonyl (C=O) groups excluding carboxylic acids is 1. The minimum Gasteiger partial charge on any atom is -0.342 e. The van der Waals surface area contributed by atoms with Crippen molar-refractivity contribution in [3.8, 4) is 5.69 Å². The molecular weight excluding hydrogens is 455 g/mol. The number of alkyl halides is 3. The number of likely N-dealkylation sites (tertiary alicyclic amines) is 1. The Kier molecular flexibility index (Phi) is 5.36. The van der Waals surface area contributed by atoms with E-state index in [0.29, 0.717) is 18.0 Å². The molecule has 3 heterocycles. The van der Waals surface area contributed by atoms with Crippen molar-refractivity contribution < 1.29 is 18.0 Å². The van der Waals surface area contributed by atoms with Gasteiger partial charge in [-0.05, 0) is 49.2 Å². The molecule has 1 aliphatic rings. The van der Waals surface area contributed by atoms with Crippen molar-refractivity contribution in [2.45, 2.75) is 24.9 Å². The summed E-state index contributed by atoms with van der Waals surface area (Å²) in [6.45, 7) is 0.654. The van der Waals surface area contributed by atoms with E-state index < -0.39 is 23.3 Å². The maximum Gasteiger partial charge on any atom is 0.434 e. The van der Waals surface area contributed by atoms with Crippen molar-refractivity contribution in [2.75, 3.05) is 13.1 Å². The summed E-state index contributed by atoms with van der Waals surface area (Å²) in [5.41, 5.74) is 0.312. The first kappa shape index (κ1) is 21.5. The number of para-hydroxylation sites is 2. The SMILES string of the molecule is O=C(c1cnn(-c2ccc(Cl)cc2)c1C(F)(F)F)N1CCCC(c2nc3ccccc3[nH]2)C1. The monoisotopic (exact) mass is 473 g/mol.